The maximum Gasteiger partial charge on any atom is 0.138 e. The summed E-state index contributed by atoms with van der Waals surface area (Å²) >= 11 is 4.90. The van der Waals surface area contributed by atoms with Gasteiger partial charge in [-0.1, -0.05) is 0 Å². The average Bonchev–Trinajstić information content (AvgIpc) is 2.66. The SMILES string of the molecule is CCOc1cncc(-c2nc(Br)cs2)c1. The van der Waals surface area contributed by atoms with Crippen molar-refractivity contribution in [3.8, 4) is 16.3 Å². The van der Waals surface area contributed by atoms with Crippen molar-refractivity contribution in [3.63, 3.8) is 0 Å². The lowest BCUT2D eigenvalue weighted by Gasteiger charge is -2.02. The van der Waals surface area contributed by atoms with Gasteiger partial charge in [-0.3, -0.25) is 4.98 Å². The summed E-state index contributed by atoms with van der Waals surface area (Å²) in [5.41, 5.74) is 0.983. The van der Waals surface area contributed by atoms with E-state index in [1.54, 1.807) is 23.7 Å². The van der Waals surface area contributed by atoms with Crippen LogP contribution >= 0.6 is 27.3 Å². The molecule has 78 valence electrons. The van der Waals surface area contributed by atoms with Crippen molar-refractivity contribution in [2.75, 3.05) is 6.61 Å². The first kappa shape index (κ1) is 10.6. The van der Waals surface area contributed by atoms with E-state index in [1.165, 1.54) is 0 Å². The predicted molar refractivity (Wildman–Crippen MR) is 64.2 cm³/mol. The van der Waals surface area contributed by atoms with Crippen LogP contribution in [0.25, 0.3) is 10.6 Å². The molecule has 15 heavy (non-hydrogen) atoms. The lowest BCUT2D eigenvalue weighted by atomic mass is 10.3. The molecule has 0 aliphatic heterocycles. The minimum absolute atomic E-state index is 0.646. The van der Waals surface area contributed by atoms with E-state index in [0.717, 1.165) is 20.9 Å². The van der Waals surface area contributed by atoms with Crippen molar-refractivity contribution in [1.29, 1.82) is 0 Å². The normalized spacial score (nSPS) is 10.3. The van der Waals surface area contributed by atoms with Gasteiger partial charge in [0.1, 0.15) is 15.4 Å². The molecule has 0 fully saturated rings. The highest BCUT2D eigenvalue weighted by Crippen LogP contribution is 2.27. The minimum atomic E-state index is 0.646. The largest absolute Gasteiger partial charge is 0.492 e. The molecule has 0 N–H and O–H groups in total. The van der Waals surface area contributed by atoms with Gasteiger partial charge in [0.05, 0.1) is 12.8 Å². The number of hydrogen-bond acceptors (Lipinski definition) is 4. The molecule has 0 unspecified atom stereocenters. The number of hydrogen-bond donors (Lipinski definition) is 0. The number of halogens is 1. The van der Waals surface area contributed by atoms with E-state index in [4.69, 9.17) is 4.74 Å². The molecule has 0 saturated heterocycles. The monoisotopic (exact) mass is 284 g/mol. The molecule has 0 bridgehead atoms. The van der Waals surface area contributed by atoms with E-state index >= 15 is 0 Å². The summed E-state index contributed by atoms with van der Waals surface area (Å²) in [4.78, 5) is 8.44. The van der Waals surface area contributed by atoms with Crippen LogP contribution in [0.2, 0.25) is 0 Å². The molecule has 0 spiro atoms. The van der Waals surface area contributed by atoms with Gasteiger partial charge in [-0.25, -0.2) is 4.98 Å². The first-order valence-corrected chi connectivity index (χ1v) is 6.16. The van der Waals surface area contributed by atoms with Crippen LogP contribution in [-0.2, 0) is 0 Å². The zero-order chi connectivity index (χ0) is 10.7. The summed E-state index contributed by atoms with van der Waals surface area (Å²) in [6.07, 6.45) is 3.49. The molecule has 0 saturated carbocycles. The number of pyridine rings is 1. The van der Waals surface area contributed by atoms with Crippen LogP contribution in [0.3, 0.4) is 0 Å². The van der Waals surface area contributed by atoms with Crippen molar-refractivity contribution in [1.82, 2.24) is 9.97 Å². The van der Waals surface area contributed by atoms with Gasteiger partial charge in [-0.05, 0) is 28.9 Å². The quantitative estimate of drug-likeness (QED) is 0.867. The van der Waals surface area contributed by atoms with Crippen LogP contribution in [-0.4, -0.2) is 16.6 Å². The van der Waals surface area contributed by atoms with Crippen molar-refractivity contribution in [2.45, 2.75) is 6.92 Å². The van der Waals surface area contributed by atoms with Gasteiger partial charge in [0.25, 0.3) is 0 Å². The third kappa shape index (κ3) is 2.54. The van der Waals surface area contributed by atoms with Crippen molar-refractivity contribution in [2.24, 2.45) is 0 Å². The van der Waals surface area contributed by atoms with Gasteiger partial charge in [0.15, 0.2) is 0 Å². The van der Waals surface area contributed by atoms with E-state index in [9.17, 15) is 0 Å². The van der Waals surface area contributed by atoms with Gasteiger partial charge < -0.3 is 4.74 Å². The van der Waals surface area contributed by atoms with Gasteiger partial charge in [0, 0.05) is 17.1 Å². The number of rotatable bonds is 3. The van der Waals surface area contributed by atoms with Crippen LogP contribution < -0.4 is 4.74 Å². The van der Waals surface area contributed by atoms with Crippen molar-refractivity contribution >= 4 is 27.3 Å². The van der Waals surface area contributed by atoms with Gasteiger partial charge in [-0.2, -0.15) is 0 Å². The van der Waals surface area contributed by atoms with Crippen LogP contribution in [0, 0.1) is 0 Å². The van der Waals surface area contributed by atoms with Crippen LogP contribution in [0.15, 0.2) is 28.4 Å². The highest BCUT2D eigenvalue weighted by Gasteiger charge is 2.04. The van der Waals surface area contributed by atoms with Gasteiger partial charge >= 0.3 is 0 Å². The maximum absolute atomic E-state index is 5.38. The fourth-order valence-corrected chi connectivity index (χ4v) is 2.40. The Kier molecular flexibility index (Phi) is 3.33. The summed E-state index contributed by atoms with van der Waals surface area (Å²) in [5.74, 6) is 0.779. The second-order valence-corrected chi connectivity index (χ2v) is 4.49. The average molecular weight is 285 g/mol. The Morgan fingerprint density at radius 1 is 1.47 bits per heavy atom. The minimum Gasteiger partial charge on any atom is -0.492 e. The van der Waals surface area contributed by atoms with Gasteiger partial charge in [0.2, 0.25) is 0 Å². The molecule has 0 radical (unpaired) electrons. The Morgan fingerprint density at radius 2 is 2.33 bits per heavy atom. The molecule has 0 atom stereocenters. The Labute approximate surface area is 100 Å². The molecule has 2 aromatic heterocycles. The number of aromatic nitrogens is 2. The van der Waals surface area contributed by atoms with E-state index < -0.39 is 0 Å². The van der Waals surface area contributed by atoms with E-state index in [1.807, 2.05) is 18.4 Å². The zero-order valence-electron chi connectivity index (χ0n) is 8.11. The smallest absolute Gasteiger partial charge is 0.138 e. The molecule has 2 rings (SSSR count). The van der Waals surface area contributed by atoms with Crippen LogP contribution in [0.5, 0.6) is 5.75 Å². The molecule has 0 aromatic carbocycles. The molecule has 0 aliphatic rings. The summed E-state index contributed by atoms with van der Waals surface area (Å²) < 4.78 is 6.23. The number of nitrogens with zero attached hydrogens (tertiary/aromatic N) is 2. The fourth-order valence-electron chi connectivity index (χ4n) is 1.17. The molecule has 0 amide bonds. The molecule has 5 heteroatoms. The summed E-state index contributed by atoms with van der Waals surface area (Å²) in [5, 5.41) is 2.89. The van der Waals surface area contributed by atoms with Gasteiger partial charge in [-0.15, -0.1) is 11.3 Å². The molecule has 2 heterocycles. The zero-order valence-corrected chi connectivity index (χ0v) is 10.5. The third-order valence-electron chi connectivity index (χ3n) is 1.75. The summed E-state index contributed by atoms with van der Waals surface area (Å²) in [6.45, 7) is 2.60. The standard InChI is InChI=1S/C10H9BrN2OS/c1-2-14-8-3-7(4-12-5-8)10-13-9(11)6-15-10/h3-6H,2H2,1H3. The van der Waals surface area contributed by atoms with Crippen molar-refractivity contribution in [3.05, 3.63) is 28.4 Å². The predicted octanol–water partition coefficient (Wildman–Crippen LogP) is 3.37. The van der Waals surface area contributed by atoms with Crippen LogP contribution in [0.1, 0.15) is 6.92 Å². The number of ether oxygens (including phenoxy) is 1. The molecule has 0 aliphatic carbocycles. The third-order valence-corrected chi connectivity index (χ3v) is 3.35. The summed E-state index contributed by atoms with van der Waals surface area (Å²) in [6, 6.07) is 1.95. The van der Waals surface area contributed by atoms with Crippen LogP contribution in [0.4, 0.5) is 0 Å². The first-order valence-electron chi connectivity index (χ1n) is 4.49. The van der Waals surface area contributed by atoms with Crippen molar-refractivity contribution < 1.29 is 4.74 Å². The van der Waals surface area contributed by atoms with E-state index in [2.05, 4.69) is 25.9 Å². The molecular weight excluding hydrogens is 276 g/mol. The second-order valence-electron chi connectivity index (χ2n) is 2.82. The van der Waals surface area contributed by atoms with E-state index in [-0.39, 0.29) is 0 Å². The fraction of sp³-hybridized carbons (Fsp3) is 0.200. The highest BCUT2D eigenvalue weighted by molar-refractivity contribution is 9.10. The molecular formula is C10H9BrN2OS. The Hall–Kier alpha value is -0.940. The Balaban J connectivity index is 2.32. The van der Waals surface area contributed by atoms with E-state index in [0.29, 0.717) is 6.61 Å². The second kappa shape index (κ2) is 4.72. The Bertz CT molecular complexity index is 458. The maximum atomic E-state index is 5.38. The Morgan fingerprint density at radius 3 is 3.00 bits per heavy atom. The molecule has 3 nitrogen and oxygen atoms in total. The lowest BCUT2D eigenvalue weighted by Crippen LogP contribution is -1.92. The summed E-state index contributed by atoms with van der Waals surface area (Å²) in [7, 11) is 0. The first-order chi connectivity index (χ1) is 7.29. The number of thiazole rings is 1. The lowest BCUT2D eigenvalue weighted by molar-refractivity contribution is 0.339. The molecule has 2 aromatic rings. The topological polar surface area (TPSA) is 35.0 Å². The highest BCUT2D eigenvalue weighted by atomic mass is 79.9.